The molecule has 3 rings (SSSR count). The Morgan fingerprint density at radius 1 is 1.14 bits per heavy atom. The molecule has 1 saturated heterocycles. The van der Waals surface area contributed by atoms with Gasteiger partial charge < -0.3 is 9.64 Å². The number of carbonyl (C=O) groups is 1. The Morgan fingerprint density at radius 3 is 2.71 bits per heavy atom. The minimum absolute atomic E-state index is 0.0453. The summed E-state index contributed by atoms with van der Waals surface area (Å²) in [5.41, 5.74) is 1.82. The third-order valence-electron chi connectivity index (χ3n) is 3.60. The molecule has 1 aliphatic rings. The largest absolute Gasteiger partial charge is 0.370 e. The smallest absolute Gasteiger partial charge is 0.254 e. The van der Waals surface area contributed by atoms with E-state index < -0.39 is 0 Å². The van der Waals surface area contributed by atoms with Crippen LogP contribution in [0.4, 0.5) is 0 Å². The van der Waals surface area contributed by atoms with Crippen molar-refractivity contribution in [1.82, 2.24) is 4.90 Å². The molecule has 2 aromatic rings. The van der Waals surface area contributed by atoms with Crippen LogP contribution in [0.15, 0.2) is 59.1 Å². The summed E-state index contributed by atoms with van der Waals surface area (Å²) < 4.78 is 6.72. The number of amides is 1. The molecule has 2 aromatic carbocycles. The first-order valence-corrected chi connectivity index (χ1v) is 7.75. The second kappa shape index (κ2) is 6.41. The van der Waals surface area contributed by atoms with Crippen LogP contribution in [0.2, 0.25) is 0 Å². The SMILES string of the molecule is O=C(c1cccc(Br)c1)N1CCO[C@H](c2ccccc2)C1. The highest BCUT2D eigenvalue weighted by molar-refractivity contribution is 9.10. The van der Waals surface area contributed by atoms with Crippen molar-refractivity contribution in [2.24, 2.45) is 0 Å². The molecule has 0 radical (unpaired) electrons. The molecule has 1 aliphatic heterocycles. The maximum atomic E-state index is 12.6. The number of hydrogen-bond acceptors (Lipinski definition) is 2. The molecule has 0 saturated carbocycles. The lowest BCUT2D eigenvalue weighted by molar-refractivity contribution is -0.0228. The van der Waals surface area contributed by atoms with Crippen molar-refractivity contribution in [2.45, 2.75) is 6.10 Å². The van der Waals surface area contributed by atoms with Gasteiger partial charge in [-0.05, 0) is 23.8 Å². The van der Waals surface area contributed by atoms with Gasteiger partial charge in [0.15, 0.2) is 0 Å². The minimum atomic E-state index is -0.0453. The van der Waals surface area contributed by atoms with Gasteiger partial charge in [-0.3, -0.25) is 4.79 Å². The number of morpholine rings is 1. The Kier molecular flexibility index (Phi) is 4.36. The number of rotatable bonds is 2. The summed E-state index contributed by atoms with van der Waals surface area (Å²) in [6.07, 6.45) is -0.0453. The van der Waals surface area contributed by atoms with Crippen LogP contribution >= 0.6 is 15.9 Å². The van der Waals surface area contributed by atoms with Crippen molar-refractivity contribution >= 4 is 21.8 Å². The summed E-state index contributed by atoms with van der Waals surface area (Å²) in [7, 11) is 0. The van der Waals surface area contributed by atoms with Gasteiger partial charge in [0.1, 0.15) is 6.10 Å². The molecular formula is C17H16BrNO2. The van der Waals surface area contributed by atoms with Crippen LogP contribution in [0.3, 0.4) is 0 Å². The third-order valence-corrected chi connectivity index (χ3v) is 4.09. The normalized spacial score (nSPS) is 18.5. The Balaban J connectivity index is 1.75. The molecule has 108 valence electrons. The fourth-order valence-electron chi connectivity index (χ4n) is 2.51. The zero-order valence-corrected chi connectivity index (χ0v) is 13.1. The molecule has 1 atom stereocenters. The molecule has 3 nitrogen and oxygen atoms in total. The highest BCUT2D eigenvalue weighted by Gasteiger charge is 2.26. The number of nitrogens with zero attached hydrogens (tertiary/aromatic N) is 1. The predicted octanol–water partition coefficient (Wildman–Crippen LogP) is 3.66. The van der Waals surface area contributed by atoms with Crippen molar-refractivity contribution in [3.8, 4) is 0 Å². The summed E-state index contributed by atoms with van der Waals surface area (Å²) in [5.74, 6) is 0.0560. The molecule has 1 fully saturated rings. The summed E-state index contributed by atoms with van der Waals surface area (Å²) >= 11 is 3.41. The monoisotopic (exact) mass is 345 g/mol. The maximum Gasteiger partial charge on any atom is 0.254 e. The molecule has 0 aromatic heterocycles. The van der Waals surface area contributed by atoms with E-state index in [1.54, 1.807) is 0 Å². The molecule has 0 bridgehead atoms. The second-order valence-electron chi connectivity index (χ2n) is 5.03. The first-order valence-electron chi connectivity index (χ1n) is 6.95. The van der Waals surface area contributed by atoms with E-state index in [9.17, 15) is 4.79 Å². The zero-order chi connectivity index (χ0) is 14.7. The summed E-state index contributed by atoms with van der Waals surface area (Å²) in [6.45, 7) is 1.79. The first kappa shape index (κ1) is 14.3. The van der Waals surface area contributed by atoms with Gasteiger partial charge >= 0.3 is 0 Å². The van der Waals surface area contributed by atoms with Crippen molar-refractivity contribution in [3.05, 3.63) is 70.2 Å². The van der Waals surface area contributed by atoms with Crippen molar-refractivity contribution in [3.63, 3.8) is 0 Å². The molecule has 0 aliphatic carbocycles. The summed E-state index contributed by atoms with van der Waals surface area (Å²) in [5, 5.41) is 0. The van der Waals surface area contributed by atoms with Gasteiger partial charge in [0.25, 0.3) is 5.91 Å². The number of carbonyl (C=O) groups excluding carboxylic acids is 1. The molecule has 0 unspecified atom stereocenters. The number of halogens is 1. The minimum Gasteiger partial charge on any atom is -0.370 e. The topological polar surface area (TPSA) is 29.5 Å². The van der Waals surface area contributed by atoms with E-state index in [0.717, 1.165) is 10.0 Å². The van der Waals surface area contributed by atoms with Gasteiger partial charge in [-0.25, -0.2) is 0 Å². The van der Waals surface area contributed by atoms with Gasteiger partial charge in [-0.1, -0.05) is 52.3 Å². The number of hydrogen-bond donors (Lipinski definition) is 0. The Labute approximate surface area is 132 Å². The maximum absolute atomic E-state index is 12.6. The van der Waals surface area contributed by atoms with Crippen LogP contribution in [0.25, 0.3) is 0 Å². The lowest BCUT2D eigenvalue weighted by Crippen LogP contribution is -2.42. The highest BCUT2D eigenvalue weighted by atomic mass is 79.9. The summed E-state index contributed by atoms with van der Waals surface area (Å²) in [4.78, 5) is 14.4. The average molecular weight is 346 g/mol. The number of ether oxygens (including phenoxy) is 1. The Morgan fingerprint density at radius 2 is 1.95 bits per heavy atom. The van der Waals surface area contributed by atoms with Crippen LogP contribution in [-0.2, 0) is 4.74 Å². The molecule has 1 heterocycles. The lowest BCUT2D eigenvalue weighted by atomic mass is 10.1. The fraction of sp³-hybridized carbons (Fsp3) is 0.235. The Bertz CT molecular complexity index is 630. The molecule has 0 N–H and O–H groups in total. The summed E-state index contributed by atoms with van der Waals surface area (Å²) in [6, 6.07) is 17.6. The lowest BCUT2D eigenvalue weighted by Gasteiger charge is -2.33. The Hall–Kier alpha value is -1.65. The standard InChI is InChI=1S/C17H16BrNO2/c18-15-8-4-7-14(11-15)17(20)19-9-10-21-16(12-19)13-5-2-1-3-6-13/h1-8,11,16H,9-10,12H2/t16-/m0/s1. The van der Waals surface area contributed by atoms with Crippen molar-refractivity contribution in [2.75, 3.05) is 19.7 Å². The van der Waals surface area contributed by atoms with E-state index >= 15 is 0 Å². The molecular weight excluding hydrogens is 330 g/mol. The first-order chi connectivity index (χ1) is 10.2. The van der Waals surface area contributed by atoms with Crippen LogP contribution in [-0.4, -0.2) is 30.5 Å². The molecule has 1 amide bonds. The quantitative estimate of drug-likeness (QED) is 0.831. The van der Waals surface area contributed by atoms with Gasteiger partial charge in [-0.15, -0.1) is 0 Å². The predicted molar refractivity (Wildman–Crippen MR) is 85.2 cm³/mol. The molecule has 0 spiro atoms. The second-order valence-corrected chi connectivity index (χ2v) is 5.95. The van der Waals surface area contributed by atoms with E-state index in [-0.39, 0.29) is 12.0 Å². The van der Waals surface area contributed by atoms with Crippen molar-refractivity contribution in [1.29, 1.82) is 0 Å². The van der Waals surface area contributed by atoms with Crippen molar-refractivity contribution < 1.29 is 9.53 Å². The van der Waals surface area contributed by atoms with E-state index in [0.29, 0.717) is 25.3 Å². The van der Waals surface area contributed by atoms with Crippen LogP contribution in [0.1, 0.15) is 22.0 Å². The van der Waals surface area contributed by atoms with E-state index in [1.807, 2.05) is 59.5 Å². The molecule has 21 heavy (non-hydrogen) atoms. The number of benzene rings is 2. The zero-order valence-electron chi connectivity index (χ0n) is 11.5. The van der Waals surface area contributed by atoms with E-state index in [2.05, 4.69) is 15.9 Å². The third kappa shape index (κ3) is 3.34. The van der Waals surface area contributed by atoms with Crippen LogP contribution in [0.5, 0.6) is 0 Å². The average Bonchev–Trinajstić information content (AvgIpc) is 2.55. The van der Waals surface area contributed by atoms with Gasteiger partial charge in [0, 0.05) is 16.6 Å². The fourth-order valence-corrected chi connectivity index (χ4v) is 2.91. The van der Waals surface area contributed by atoms with E-state index in [1.165, 1.54) is 0 Å². The van der Waals surface area contributed by atoms with Gasteiger partial charge in [-0.2, -0.15) is 0 Å². The van der Waals surface area contributed by atoms with Crippen LogP contribution < -0.4 is 0 Å². The van der Waals surface area contributed by atoms with Gasteiger partial charge in [0.2, 0.25) is 0 Å². The van der Waals surface area contributed by atoms with E-state index in [4.69, 9.17) is 4.74 Å². The highest BCUT2D eigenvalue weighted by Crippen LogP contribution is 2.23. The van der Waals surface area contributed by atoms with Crippen LogP contribution in [0, 0.1) is 0 Å². The van der Waals surface area contributed by atoms with Gasteiger partial charge in [0.05, 0.1) is 13.2 Å². The molecule has 4 heteroatoms.